The van der Waals surface area contributed by atoms with Crippen LogP contribution in [-0.2, 0) is 6.42 Å². The van der Waals surface area contributed by atoms with Crippen LogP contribution in [0.4, 0.5) is 5.69 Å². The molecule has 1 aromatic rings. The lowest BCUT2D eigenvalue weighted by Crippen LogP contribution is -2.44. The van der Waals surface area contributed by atoms with E-state index in [9.17, 15) is 0 Å². The molecule has 3 nitrogen and oxygen atoms in total. The molecule has 3 heteroatoms. The third kappa shape index (κ3) is 3.22. The van der Waals surface area contributed by atoms with E-state index in [0.717, 1.165) is 39.1 Å². The van der Waals surface area contributed by atoms with Crippen LogP contribution in [0.25, 0.3) is 0 Å². The molecule has 0 amide bonds. The fourth-order valence-electron chi connectivity index (χ4n) is 1.89. The van der Waals surface area contributed by atoms with Crippen molar-refractivity contribution in [1.82, 2.24) is 16.0 Å². The van der Waals surface area contributed by atoms with Gasteiger partial charge in [0, 0.05) is 32.7 Å². The van der Waals surface area contributed by atoms with E-state index in [2.05, 4.69) is 22.3 Å². The van der Waals surface area contributed by atoms with Crippen LogP contribution in [0.1, 0.15) is 5.56 Å². The second-order valence-electron chi connectivity index (χ2n) is 4.04. The lowest BCUT2D eigenvalue weighted by Gasteiger charge is -2.27. The highest BCUT2D eigenvalue weighted by molar-refractivity contribution is 5.35. The lowest BCUT2D eigenvalue weighted by molar-refractivity contribution is 0.244. The van der Waals surface area contributed by atoms with Crippen molar-refractivity contribution in [2.24, 2.45) is 0 Å². The maximum absolute atomic E-state index is 7.40. The van der Waals surface area contributed by atoms with Gasteiger partial charge in [0.15, 0.2) is 0 Å². The first-order chi connectivity index (χ1) is 7.34. The molecular formula is C12H18N3. The Morgan fingerprint density at radius 3 is 2.47 bits per heavy atom. The highest BCUT2D eigenvalue weighted by atomic mass is 15.2. The third-order valence-corrected chi connectivity index (χ3v) is 2.88. The average molecular weight is 204 g/mol. The summed E-state index contributed by atoms with van der Waals surface area (Å²) in [6.07, 6.45) is 1.10. The minimum Gasteiger partial charge on any atom is -0.314 e. The Hall–Kier alpha value is -1.06. The van der Waals surface area contributed by atoms with Gasteiger partial charge in [0.25, 0.3) is 0 Å². The van der Waals surface area contributed by atoms with Gasteiger partial charge in [0.1, 0.15) is 0 Å². The standard InChI is InChI=1S/C12H18N3/c13-12-3-1-11(2-4-12)5-8-15-9-6-14-7-10-15/h1-4,13-14H,5-10H2. The van der Waals surface area contributed by atoms with E-state index in [1.807, 2.05) is 12.1 Å². The lowest BCUT2D eigenvalue weighted by atomic mass is 10.1. The van der Waals surface area contributed by atoms with Crippen LogP contribution >= 0.6 is 0 Å². The van der Waals surface area contributed by atoms with Crippen molar-refractivity contribution >= 4 is 5.69 Å². The number of rotatable bonds is 3. The minimum atomic E-state index is 0.598. The molecule has 1 heterocycles. The van der Waals surface area contributed by atoms with Crippen molar-refractivity contribution < 1.29 is 0 Å². The van der Waals surface area contributed by atoms with E-state index in [-0.39, 0.29) is 0 Å². The van der Waals surface area contributed by atoms with Gasteiger partial charge in [-0.05, 0) is 24.1 Å². The zero-order valence-corrected chi connectivity index (χ0v) is 9.00. The zero-order valence-electron chi connectivity index (χ0n) is 9.00. The van der Waals surface area contributed by atoms with E-state index in [1.54, 1.807) is 0 Å². The first-order valence-electron chi connectivity index (χ1n) is 5.58. The third-order valence-electron chi connectivity index (χ3n) is 2.88. The molecule has 1 saturated heterocycles. The Bertz CT molecular complexity index is 288. The number of hydrogen-bond acceptors (Lipinski definition) is 2. The molecule has 81 valence electrons. The number of hydrogen-bond donors (Lipinski definition) is 1. The van der Waals surface area contributed by atoms with Crippen LogP contribution in [0.15, 0.2) is 24.3 Å². The summed E-state index contributed by atoms with van der Waals surface area (Å²) in [4.78, 5) is 2.49. The van der Waals surface area contributed by atoms with Gasteiger partial charge < -0.3 is 16.0 Å². The van der Waals surface area contributed by atoms with Crippen LogP contribution in [0, 0.1) is 0 Å². The van der Waals surface area contributed by atoms with Crippen molar-refractivity contribution in [2.45, 2.75) is 6.42 Å². The van der Waals surface area contributed by atoms with Crippen molar-refractivity contribution in [1.29, 1.82) is 0 Å². The monoisotopic (exact) mass is 204 g/mol. The van der Waals surface area contributed by atoms with Crippen LogP contribution in [0.2, 0.25) is 0 Å². The molecule has 0 spiro atoms. The molecule has 1 radical (unpaired) electrons. The van der Waals surface area contributed by atoms with E-state index < -0.39 is 0 Å². The molecule has 0 aromatic heterocycles. The molecule has 1 aliphatic heterocycles. The fourth-order valence-corrected chi connectivity index (χ4v) is 1.89. The predicted molar refractivity (Wildman–Crippen MR) is 62.2 cm³/mol. The van der Waals surface area contributed by atoms with Gasteiger partial charge in [-0.2, -0.15) is 0 Å². The molecule has 1 aliphatic rings. The average Bonchev–Trinajstić information content (AvgIpc) is 2.30. The van der Waals surface area contributed by atoms with E-state index in [0.29, 0.717) is 5.69 Å². The predicted octanol–water partition coefficient (Wildman–Crippen LogP) is 1.05. The number of nitrogens with one attached hydrogen (secondary N) is 2. The minimum absolute atomic E-state index is 0.598. The Morgan fingerprint density at radius 2 is 1.80 bits per heavy atom. The Labute approximate surface area is 91.3 Å². The Balaban J connectivity index is 1.79. The smallest absolute Gasteiger partial charge is 0.0540 e. The van der Waals surface area contributed by atoms with Gasteiger partial charge in [0.05, 0.1) is 5.69 Å². The summed E-state index contributed by atoms with van der Waals surface area (Å²) in [5.41, 5.74) is 9.34. The van der Waals surface area contributed by atoms with Gasteiger partial charge in [-0.1, -0.05) is 12.1 Å². The maximum Gasteiger partial charge on any atom is 0.0540 e. The first-order valence-corrected chi connectivity index (χ1v) is 5.58. The van der Waals surface area contributed by atoms with Crippen molar-refractivity contribution in [3.8, 4) is 0 Å². The molecule has 0 unspecified atom stereocenters. The maximum atomic E-state index is 7.40. The van der Waals surface area contributed by atoms with Gasteiger partial charge in [0.2, 0.25) is 0 Å². The summed E-state index contributed by atoms with van der Waals surface area (Å²) in [7, 11) is 0. The van der Waals surface area contributed by atoms with Gasteiger partial charge >= 0.3 is 0 Å². The molecule has 1 aromatic carbocycles. The van der Waals surface area contributed by atoms with E-state index >= 15 is 0 Å². The van der Waals surface area contributed by atoms with Crippen molar-refractivity contribution in [3.63, 3.8) is 0 Å². The van der Waals surface area contributed by atoms with Gasteiger partial charge in [-0.3, -0.25) is 0 Å². The summed E-state index contributed by atoms with van der Waals surface area (Å²) in [6, 6.07) is 7.86. The summed E-state index contributed by atoms with van der Waals surface area (Å²) in [6.45, 7) is 5.70. The van der Waals surface area contributed by atoms with Crippen LogP contribution in [0.5, 0.6) is 0 Å². The topological polar surface area (TPSA) is 39.1 Å². The zero-order chi connectivity index (χ0) is 10.5. The molecule has 0 saturated carbocycles. The highest BCUT2D eigenvalue weighted by Crippen LogP contribution is 2.08. The molecule has 0 aliphatic carbocycles. The summed E-state index contributed by atoms with van der Waals surface area (Å²) in [5.74, 6) is 0. The van der Waals surface area contributed by atoms with E-state index in [1.165, 1.54) is 5.56 Å². The molecule has 0 atom stereocenters. The highest BCUT2D eigenvalue weighted by Gasteiger charge is 2.08. The molecular weight excluding hydrogens is 186 g/mol. The normalized spacial score (nSPS) is 17.9. The Morgan fingerprint density at radius 1 is 1.13 bits per heavy atom. The van der Waals surface area contributed by atoms with Crippen molar-refractivity contribution in [2.75, 3.05) is 32.7 Å². The van der Waals surface area contributed by atoms with E-state index in [4.69, 9.17) is 5.73 Å². The second kappa shape index (κ2) is 5.14. The quantitative estimate of drug-likeness (QED) is 0.799. The number of nitrogens with zero attached hydrogens (tertiary/aromatic N) is 1. The van der Waals surface area contributed by atoms with Crippen LogP contribution < -0.4 is 11.1 Å². The molecule has 2 N–H and O–H groups in total. The molecule has 0 bridgehead atoms. The fraction of sp³-hybridized carbons (Fsp3) is 0.500. The molecule has 1 fully saturated rings. The largest absolute Gasteiger partial charge is 0.314 e. The first kappa shape index (κ1) is 10.5. The van der Waals surface area contributed by atoms with Crippen LogP contribution in [-0.4, -0.2) is 37.6 Å². The molecule has 15 heavy (non-hydrogen) atoms. The summed E-state index contributed by atoms with van der Waals surface area (Å²) >= 11 is 0. The second-order valence-corrected chi connectivity index (χ2v) is 4.04. The number of piperazine rings is 1. The summed E-state index contributed by atoms with van der Waals surface area (Å²) in [5, 5.41) is 3.35. The molecule has 2 rings (SSSR count). The summed E-state index contributed by atoms with van der Waals surface area (Å²) < 4.78 is 0. The van der Waals surface area contributed by atoms with Crippen molar-refractivity contribution in [3.05, 3.63) is 29.8 Å². The Kier molecular flexibility index (Phi) is 3.59. The van der Waals surface area contributed by atoms with Crippen LogP contribution in [0.3, 0.4) is 0 Å². The SMILES string of the molecule is [NH]c1ccc(CCN2CCNCC2)cc1. The van der Waals surface area contributed by atoms with Gasteiger partial charge in [-0.25, -0.2) is 0 Å². The number of benzene rings is 1. The van der Waals surface area contributed by atoms with Gasteiger partial charge in [-0.15, -0.1) is 0 Å².